The second-order valence-corrected chi connectivity index (χ2v) is 7.50. The Hall–Kier alpha value is -2.40. The molecule has 0 aliphatic carbocycles. The highest BCUT2D eigenvalue weighted by atomic mass is 32.1. The highest BCUT2D eigenvalue weighted by molar-refractivity contribution is 7.21. The van der Waals surface area contributed by atoms with E-state index in [1.165, 1.54) is 4.70 Å². The lowest BCUT2D eigenvalue weighted by Crippen LogP contribution is -2.39. The SMILES string of the molecule is C[C@H](Nc1cccc(-c2nc3ccccc3s2)c1)C(=O)N1CCCC1. The predicted octanol–water partition coefficient (Wildman–Crippen LogP) is 4.39. The van der Waals surface area contributed by atoms with Gasteiger partial charge in [0.15, 0.2) is 0 Å². The molecule has 5 heteroatoms. The summed E-state index contributed by atoms with van der Waals surface area (Å²) in [5.41, 5.74) is 3.06. The fourth-order valence-electron chi connectivity index (χ4n) is 3.26. The number of aromatic nitrogens is 1. The van der Waals surface area contributed by atoms with E-state index in [1.54, 1.807) is 11.3 Å². The molecular weight excluding hydrogens is 330 g/mol. The average molecular weight is 351 g/mol. The summed E-state index contributed by atoms with van der Waals surface area (Å²) >= 11 is 1.69. The zero-order chi connectivity index (χ0) is 17.2. The van der Waals surface area contributed by atoms with Crippen molar-refractivity contribution in [1.82, 2.24) is 9.88 Å². The van der Waals surface area contributed by atoms with Crippen molar-refractivity contribution >= 4 is 33.1 Å². The van der Waals surface area contributed by atoms with Crippen LogP contribution in [0.2, 0.25) is 0 Å². The Kier molecular flexibility index (Phi) is 4.40. The predicted molar refractivity (Wildman–Crippen MR) is 104 cm³/mol. The molecular formula is C20H21N3OS. The van der Waals surface area contributed by atoms with Crippen LogP contribution in [0.15, 0.2) is 48.5 Å². The molecule has 0 bridgehead atoms. The molecule has 0 radical (unpaired) electrons. The standard InChI is InChI=1S/C20H21N3OS/c1-14(20(24)23-11-4-5-12-23)21-16-8-6-7-15(13-16)19-22-17-9-2-3-10-18(17)25-19/h2-3,6-10,13-14,21H,4-5,11-12H2,1H3/t14-/m0/s1. The molecule has 1 atom stereocenters. The van der Waals surface area contributed by atoms with E-state index in [4.69, 9.17) is 4.98 Å². The number of likely N-dealkylation sites (tertiary alicyclic amines) is 1. The number of amides is 1. The molecule has 2 heterocycles. The highest BCUT2D eigenvalue weighted by Crippen LogP contribution is 2.31. The maximum absolute atomic E-state index is 12.5. The first kappa shape index (κ1) is 16.1. The van der Waals surface area contributed by atoms with Gasteiger partial charge in [-0.3, -0.25) is 4.79 Å². The number of benzene rings is 2. The molecule has 25 heavy (non-hydrogen) atoms. The molecule has 1 fully saturated rings. The van der Waals surface area contributed by atoms with Gasteiger partial charge in [0.1, 0.15) is 11.0 Å². The topological polar surface area (TPSA) is 45.2 Å². The lowest BCUT2D eigenvalue weighted by Gasteiger charge is -2.22. The molecule has 4 rings (SSSR count). The van der Waals surface area contributed by atoms with Gasteiger partial charge in [-0.1, -0.05) is 24.3 Å². The van der Waals surface area contributed by atoms with Gasteiger partial charge in [0.05, 0.1) is 10.2 Å². The number of thiazole rings is 1. The number of fused-ring (bicyclic) bond motifs is 1. The van der Waals surface area contributed by atoms with E-state index in [9.17, 15) is 4.79 Å². The van der Waals surface area contributed by atoms with E-state index < -0.39 is 0 Å². The van der Waals surface area contributed by atoms with Crippen molar-refractivity contribution in [2.75, 3.05) is 18.4 Å². The van der Waals surface area contributed by atoms with Gasteiger partial charge in [0.25, 0.3) is 0 Å². The molecule has 1 amide bonds. The van der Waals surface area contributed by atoms with Crippen LogP contribution < -0.4 is 5.32 Å². The van der Waals surface area contributed by atoms with Crippen LogP contribution in [0.25, 0.3) is 20.8 Å². The maximum Gasteiger partial charge on any atom is 0.244 e. The minimum atomic E-state index is -0.219. The molecule has 1 N–H and O–H groups in total. The van der Waals surface area contributed by atoms with Crippen molar-refractivity contribution in [2.24, 2.45) is 0 Å². The summed E-state index contributed by atoms with van der Waals surface area (Å²) < 4.78 is 1.19. The van der Waals surface area contributed by atoms with Crippen molar-refractivity contribution in [1.29, 1.82) is 0 Å². The molecule has 0 unspecified atom stereocenters. The van der Waals surface area contributed by atoms with E-state index in [0.717, 1.165) is 47.7 Å². The van der Waals surface area contributed by atoms with Gasteiger partial charge in [-0.15, -0.1) is 11.3 Å². The molecule has 0 spiro atoms. The number of nitrogens with zero attached hydrogens (tertiary/aromatic N) is 2. The van der Waals surface area contributed by atoms with Crippen LogP contribution >= 0.6 is 11.3 Å². The minimum absolute atomic E-state index is 0.183. The number of para-hydroxylation sites is 1. The molecule has 4 nitrogen and oxygen atoms in total. The minimum Gasteiger partial charge on any atom is -0.374 e. The number of carbonyl (C=O) groups is 1. The molecule has 1 saturated heterocycles. The monoisotopic (exact) mass is 351 g/mol. The summed E-state index contributed by atoms with van der Waals surface area (Å²) in [5.74, 6) is 0.183. The molecule has 128 valence electrons. The van der Waals surface area contributed by atoms with Crippen molar-refractivity contribution in [3.05, 3.63) is 48.5 Å². The highest BCUT2D eigenvalue weighted by Gasteiger charge is 2.23. The van der Waals surface area contributed by atoms with E-state index in [0.29, 0.717) is 0 Å². The van der Waals surface area contributed by atoms with Gasteiger partial charge in [-0.05, 0) is 44.0 Å². The van der Waals surface area contributed by atoms with Gasteiger partial charge in [-0.2, -0.15) is 0 Å². The Morgan fingerprint density at radius 1 is 1.16 bits per heavy atom. The molecule has 1 aliphatic heterocycles. The molecule has 1 aromatic heterocycles. The third kappa shape index (κ3) is 3.37. The van der Waals surface area contributed by atoms with Gasteiger partial charge in [-0.25, -0.2) is 4.98 Å². The zero-order valence-corrected chi connectivity index (χ0v) is 15.1. The maximum atomic E-state index is 12.5. The second kappa shape index (κ2) is 6.84. The quantitative estimate of drug-likeness (QED) is 0.758. The Bertz CT molecular complexity index is 866. The van der Waals surface area contributed by atoms with Crippen LogP contribution in [0.1, 0.15) is 19.8 Å². The van der Waals surface area contributed by atoms with Crippen LogP contribution in [0, 0.1) is 0 Å². The van der Waals surface area contributed by atoms with Crippen LogP contribution in [-0.4, -0.2) is 34.9 Å². The Morgan fingerprint density at radius 2 is 1.96 bits per heavy atom. The van der Waals surface area contributed by atoms with Gasteiger partial charge >= 0.3 is 0 Å². The summed E-state index contributed by atoms with van der Waals surface area (Å²) in [7, 11) is 0. The summed E-state index contributed by atoms with van der Waals surface area (Å²) in [6, 6.07) is 16.1. The summed E-state index contributed by atoms with van der Waals surface area (Å²) in [4.78, 5) is 19.1. The Labute approximate surface area is 151 Å². The first-order valence-corrected chi connectivity index (χ1v) is 9.54. The van der Waals surface area contributed by atoms with E-state index in [2.05, 4.69) is 23.5 Å². The summed E-state index contributed by atoms with van der Waals surface area (Å²) in [6.45, 7) is 3.71. The summed E-state index contributed by atoms with van der Waals surface area (Å²) in [5, 5.41) is 4.35. The first-order valence-electron chi connectivity index (χ1n) is 8.72. The Morgan fingerprint density at radius 3 is 2.76 bits per heavy atom. The third-order valence-corrected chi connectivity index (χ3v) is 5.66. The van der Waals surface area contributed by atoms with Crippen molar-refractivity contribution < 1.29 is 4.79 Å². The second-order valence-electron chi connectivity index (χ2n) is 6.47. The molecule has 1 aliphatic rings. The number of nitrogens with one attached hydrogen (secondary N) is 1. The lowest BCUT2D eigenvalue weighted by atomic mass is 10.2. The number of hydrogen-bond acceptors (Lipinski definition) is 4. The number of anilines is 1. The van der Waals surface area contributed by atoms with Crippen molar-refractivity contribution in [2.45, 2.75) is 25.8 Å². The van der Waals surface area contributed by atoms with Crippen molar-refractivity contribution in [3.63, 3.8) is 0 Å². The number of rotatable bonds is 4. The third-order valence-electron chi connectivity index (χ3n) is 4.57. The van der Waals surface area contributed by atoms with Crippen LogP contribution in [0.3, 0.4) is 0 Å². The smallest absolute Gasteiger partial charge is 0.244 e. The van der Waals surface area contributed by atoms with Crippen LogP contribution in [0.4, 0.5) is 5.69 Å². The molecule has 0 saturated carbocycles. The van der Waals surface area contributed by atoms with Crippen molar-refractivity contribution in [3.8, 4) is 10.6 Å². The van der Waals surface area contributed by atoms with Gasteiger partial charge in [0.2, 0.25) is 5.91 Å². The largest absolute Gasteiger partial charge is 0.374 e. The number of carbonyl (C=O) groups excluding carboxylic acids is 1. The van der Waals surface area contributed by atoms with Gasteiger partial charge < -0.3 is 10.2 Å². The van der Waals surface area contributed by atoms with E-state index >= 15 is 0 Å². The van der Waals surface area contributed by atoms with E-state index in [1.807, 2.05) is 42.2 Å². The molecule has 3 aromatic rings. The van der Waals surface area contributed by atoms with Crippen LogP contribution in [-0.2, 0) is 4.79 Å². The molecule has 2 aromatic carbocycles. The fourth-order valence-corrected chi connectivity index (χ4v) is 4.22. The fraction of sp³-hybridized carbons (Fsp3) is 0.300. The van der Waals surface area contributed by atoms with Crippen LogP contribution in [0.5, 0.6) is 0 Å². The normalized spacial score (nSPS) is 15.5. The van der Waals surface area contributed by atoms with E-state index in [-0.39, 0.29) is 11.9 Å². The zero-order valence-electron chi connectivity index (χ0n) is 14.2. The van der Waals surface area contributed by atoms with Gasteiger partial charge in [0, 0.05) is 24.3 Å². The lowest BCUT2D eigenvalue weighted by molar-refractivity contribution is -0.130. The number of hydrogen-bond donors (Lipinski definition) is 1. The summed E-state index contributed by atoms with van der Waals surface area (Å²) in [6.07, 6.45) is 2.23. The Balaban J connectivity index is 1.53. The first-order chi connectivity index (χ1) is 12.2. The average Bonchev–Trinajstić information content (AvgIpc) is 3.30.